The molecular weight excluding hydrogens is 420 g/mol. The molecule has 0 aliphatic carbocycles. The van der Waals surface area contributed by atoms with Gasteiger partial charge >= 0.3 is 5.69 Å². The van der Waals surface area contributed by atoms with Gasteiger partial charge in [0, 0.05) is 5.69 Å². The summed E-state index contributed by atoms with van der Waals surface area (Å²) in [6, 6.07) is 17.7. The highest BCUT2D eigenvalue weighted by molar-refractivity contribution is 5.92. The van der Waals surface area contributed by atoms with Crippen LogP contribution < -0.4 is 21.3 Å². The Morgan fingerprint density at radius 1 is 1.03 bits per heavy atom. The second kappa shape index (κ2) is 9.12. The fourth-order valence-electron chi connectivity index (χ4n) is 3.81. The number of para-hydroxylation sites is 3. The van der Waals surface area contributed by atoms with E-state index in [0.717, 1.165) is 4.57 Å². The lowest BCUT2D eigenvalue weighted by Crippen LogP contribution is -2.42. The number of benzene rings is 2. The highest BCUT2D eigenvalue weighted by Crippen LogP contribution is 2.23. The number of ether oxygens (including phenoxy) is 1. The maximum absolute atomic E-state index is 13.5. The number of hydrogen-bond donors (Lipinski definition) is 1. The van der Waals surface area contributed by atoms with E-state index >= 15 is 0 Å². The van der Waals surface area contributed by atoms with E-state index in [0.29, 0.717) is 40.4 Å². The minimum absolute atomic E-state index is 0.270. The number of aryl methyl sites for hydroxylation is 2. The zero-order chi connectivity index (χ0) is 23.5. The van der Waals surface area contributed by atoms with Crippen molar-refractivity contribution in [3.05, 3.63) is 92.8 Å². The van der Waals surface area contributed by atoms with Crippen molar-refractivity contribution in [3.63, 3.8) is 0 Å². The number of nitrogens with zero attached hydrogens (tertiary/aromatic N) is 3. The van der Waals surface area contributed by atoms with Crippen LogP contribution in [-0.4, -0.2) is 26.6 Å². The van der Waals surface area contributed by atoms with Crippen LogP contribution in [0.15, 0.2) is 70.3 Å². The maximum atomic E-state index is 13.5. The molecule has 8 nitrogen and oxygen atoms in total. The number of anilines is 1. The molecule has 2 aromatic heterocycles. The van der Waals surface area contributed by atoms with Gasteiger partial charge in [-0.3, -0.25) is 9.59 Å². The molecule has 1 amide bonds. The molecule has 0 unspecified atom stereocenters. The predicted octanol–water partition coefficient (Wildman–Crippen LogP) is 3.20. The Morgan fingerprint density at radius 2 is 1.73 bits per heavy atom. The Morgan fingerprint density at radius 3 is 2.45 bits per heavy atom. The number of hydrogen-bond acceptors (Lipinski definition) is 5. The van der Waals surface area contributed by atoms with Gasteiger partial charge in [-0.15, -0.1) is 0 Å². The molecule has 1 N–H and O–H groups in total. The van der Waals surface area contributed by atoms with Crippen molar-refractivity contribution in [1.29, 1.82) is 0 Å². The Hall–Kier alpha value is -4.20. The molecule has 4 rings (SSSR count). The molecule has 0 atom stereocenters. The van der Waals surface area contributed by atoms with Gasteiger partial charge in [-0.2, -0.15) is 0 Å². The van der Waals surface area contributed by atoms with E-state index in [2.05, 4.69) is 10.3 Å². The van der Waals surface area contributed by atoms with Crippen LogP contribution in [-0.2, 0) is 11.3 Å². The highest BCUT2D eigenvalue weighted by atomic mass is 16.5. The number of aromatic nitrogens is 3. The van der Waals surface area contributed by atoms with Crippen LogP contribution in [0, 0.1) is 13.8 Å². The monoisotopic (exact) mass is 444 g/mol. The van der Waals surface area contributed by atoms with E-state index < -0.39 is 23.7 Å². The highest BCUT2D eigenvalue weighted by Gasteiger charge is 2.20. The number of amides is 1. The summed E-state index contributed by atoms with van der Waals surface area (Å²) in [5, 5.41) is 3.04. The van der Waals surface area contributed by atoms with Crippen LogP contribution in [0.25, 0.3) is 16.7 Å². The van der Waals surface area contributed by atoms with Crippen molar-refractivity contribution in [2.24, 2.45) is 0 Å². The van der Waals surface area contributed by atoms with Crippen molar-refractivity contribution >= 4 is 22.6 Å². The van der Waals surface area contributed by atoms with Crippen molar-refractivity contribution in [2.75, 3.05) is 11.9 Å². The van der Waals surface area contributed by atoms with E-state index in [1.54, 1.807) is 68.4 Å². The van der Waals surface area contributed by atoms with E-state index in [-0.39, 0.29) is 5.65 Å². The second-order valence-corrected chi connectivity index (χ2v) is 7.60. The molecule has 4 aromatic rings. The summed E-state index contributed by atoms with van der Waals surface area (Å²) < 4.78 is 7.86. The van der Waals surface area contributed by atoms with Gasteiger partial charge in [0.05, 0.1) is 23.4 Å². The van der Waals surface area contributed by atoms with Crippen LogP contribution in [0.2, 0.25) is 0 Å². The minimum atomic E-state index is -0.635. The molecule has 33 heavy (non-hydrogen) atoms. The normalized spacial score (nSPS) is 10.9. The summed E-state index contributed by atoms with van der Waals surface area (Å²) in [5.41, 5.74) is 1.47. The molecule has 0 fully saturated rings. The second-order valence-electron chi connectivity index (χ2n) is 7.60. The fourth-order valence-corrected chi connectivity index (χ4v) is 3.81. The number of carbonyl (C=O) groups excluding carboxylic acids is 1. The summed E-state index contributed by atoms with van der Waals surface area (Å²) in [5.74, 6) is -0.00513. The third kappa shape index (κ3) is 4.27. The van der Waals surface area contributed by atoms with Gasteiger partial charge in [0.2, 0.25) is 5.91 Å². The Balaban J connectivity index is 1.85. The number of carbonyl (C=O) groups is 1. The van der Waals surface area contributed by atoms with Crippen LogP contribution in [0.4, 0.5) is 5.69 Å². The van der Waals surface area contributed by atoms with E-state index in [4.69, 9.17) is 4.74 Å². The van der Waals surface area contributed by atoms with Crippen LogP contribution in [0.1, 0.15) is 18.2 Å². The SMILES string of the molecule is CCOc1ccccc1NC(=O)Cn1c(=O)c2c(C)cc(C)nc2n(-c2ccccc2)c1=O. The smallest absolute Gasteiger partial charge is 0.337 e. The van der Waals surface area contributed by atoms with Gasteiger partial charge in [0.25, 0.3) is 5.56 Å². The molecule has 2 aromatic carbocycles. The van der Waals surface area contributed by atoms with Crippen LogP contribution in [0.3, 0.4) is 0 Å². The minimum Gasteiger partial charge on any atom is -0.492 e. The number of pyridine rings is 1. The van der Waals surface area contributed by atoms with Gasteiger partial charge in [-0.05, 0) is 56.7 Å². The summed E-state index contributed by atoms with van der Waals surface area (Å²) in [6.45, 7) is 5.43. The molecule has 0 spiro atoms. The summed E-state index contributed by atoms with van der Waals surface area (Å²) in [7, 11) is 0. The van der Waals surface area contributed by atoms with E-state index in [1.807, 2.05) is 13.0 Å². The van der Waals surface area contributed by atoms with Crippen LogP contribution >= 0.6 is 0 Å². The average molecular weight is 444 g/mol. The molecule has 0 bridgehead atoms. The molecule has 0 saturated heterocycles. The lowest BCUT2D eigenvalue weighted by molar-refractivity contribution is -0.116. The van der Waals surface area contributed by atoms with Crippen molar-refractivity contribution in [2.45, 2.75) is 27.3 Å². The molecule has 0 aliphatic heterocycles. The van der Waals surface area contributed by atoms with Crippen molar-refractivity contribution < 1.29 is 9.53 Å². The molecule has 0 saturated carbocycles. The molecular formula is C25H24N4O4. The van der Waals surface area contributed by atoms with Gasteiger partial charge < -0.3 is 10.1 Å². The number of fused-ring (bicyclic) bond motifs is 1. The molecule has 168 valence electrons. The van der Waals surface area contributed by atoms with E-state index in [9.17, 15) is 14.4 Å². The third-order valence-electron chi connectivity index (χ3n) is 5.20. The Bertz CT molecular complexity index is 1460. The van der Waals surface area contributed by atoms with E-state index in [1.165, 1.54) is 4.57 Å². The van der Waals surface area contributed by atoms with Gasteiger partial charge in [-0.25, -0.2) is 18.9 Å². The first-order chi connectivity index (χ1) is 15.9. The first-order valence-corrected chi connectivity index (χ1v) is 10.6. The van der Waals surface area contributed by atoms with Crippen molar-refractivity contribution in [1.82, 2.24) is 14.1 Å². The Labute approximate surface area is 190 Å². The van der Waals surface area contributed by atoms with Gasteiger partial charge in [-0.1, -0.05) is 30.3 Å². The van der Waals surface area contributed by atoms with Gasteiger partial charge in [0.1, 0.15) is 12.3 Å². The summed E-state index contributed by atoms with van der Waals surface area (Å²) >= 11 is 0. The molecule has 0 radical (unpaired) electrons. The maximum Gasteiger partial charge on any atom is 0.337 e. The standard InChI is InChI=1S/C25H24N4O4/c1-4-33-20-13-9-8-12-19(20)27-21(30)15-28-24(31)22-16(2)14-17(3)26-23(22)29(25(28)32)18-10-6-5-7-11-18/h5-14H,4,15H2,1-3H3,(H,27,30). The molecule has 8 heteroatoms. The zero-order valence-electron chi connectivity index (χ0n) is 18.7. The first kappa shape index (κ1) is 22.0. The average Bonchev–Trinajstić information content (AvgIpc) is 2.78. The quantitative estimate of drug-likeness (QED) is 0.493. The topological polar surface area (TPSA) is 95.2 Å². The Kier molecular flexibility index (Phi) is 6.08. The fraction of sp³-hybridized carbons (Fsp3) is 0.200. The molecule has 2 heterocycles. The predicted molar refractivity (Wildman–Crippen MR) is 127 cm³/mol. The lowest BCUT2D eigenvalue weighted by Gasteiger charge is -2.16. The van der Waals surface area contributed by atoms with Gasteiger partial charge in [0.15, 0.2) is 5.65 Å². The zero-order valence-corrected chi connectivity index (χ0v) is 18.7. The first-order valence-electron chi connectivity index (χ1n) is 10.6. The van der Waals surface area contributed by atoms with Crippen molar-refractivity contribution in [3.8, 4) is 11.4 Å². The third-order valence-corrected chi connectivity index (χ3v) is 5.20. The largest absolute Gasteiger partial charge is 0.492 e. The number of nitrogens with one attached hydrogen (secondary N) is 1. The van der Waals surface area contributed by atoms with Crippen LogP contribution in [0.5, 0.6) is 5.75 Å². The lowest BCUT2D eigenvalue weighted by atomic mass is 10.1. The summed E-state index contributed by atoms with van der Waals surface area (Å²) in [6.07, 6.45) is 0. The summed E-state index contributed by atoms with van der Waals surface area (Å²) in [4.78, 5) is 44.2. The number of rotatable bonds is 6. The molecule has 0 aliphatic rings.